The summed E-state index contributed by atoms with van der Waals surface area (Å²) in [7, 11) is 0. The third kappa shape index (κ3) is 4.66. The van der Waals surface area contributed by atoms with Crippen molar-refractivity contribution < 1.29 is 9.59 Å². The van der Waals surface area contributed by atoms with Gasteiger partial charge in [-0.25, -0.2) is 4.79 Å². The number of rotatable bonds is 5. The number of halogens is 2. The number of anilines is 2. The van der Waals surface area contributed by atoms with Crippen LogP contribution in [0.15, 0.2) is 48.5 Å². The van der Waals surface area contributed by atoms with Crippen LogP contribution in [0.2, 0.25) is 10.0 Å². The van der Waals surface area contributed by atoms with Gasteiger partial charge < -0.3 is 16.4 Å². The van der Waals surface area contributed by atoms with Gasteiger partial charge in [0.05, 0.1) is 17.1 Å². The monoisotopic (exact) mass is 473 g/mol. The number of hydrogen-bond acceptors (Lipinski definition) is 4. The van der Waals surface area contributed by atoms with E-state index >= 15 is 0 Å². The molecule has 31 heavy (non-hydrogen) atoms. The second kappa shape index (κ2) is 8.58. The van der Waals surface area contributed by atoms with E-state index in [2.05, 4.69) is 15.7 Å². The minimum Gasteiger partial charge on any atom is -0.351 e. The SMILES string of the molecule is Cc1nn(Cc2ccc(Cl)cc2Cl)c2sc(C(=O)Nc3ccc(NC(N)=O)cc3)cc12. The van der Waals surface area contributed by atoms with Gasteiger partial charge in [-0.3, -0.25) is 9.48 Å². The number of nitrogens with one attached hydrogen (secondary N) is 2. The molecular formula is C21H17Cl2N5O2S. The van der Waals surface area contributed by atoms with Gasteiger partial charge in [0.25, 0.3) is 5.91 Å². The maximum atomic E-state index is 12.8. The summed E-state index contributed by atoms with van der Waals surface area (Å²) in [5.74, 6) is -0.229. The molecule has 0 unspecified atom stereocenters. The number of thiophene rings is 1. The summed E-state index contributed by atoms with van der Waals surface area (Å²) in [6, 6.07) is 13.2. The van der Waals surface area contributed by atoms with Gasteiger partial charge in [-0.1, -0.05) is 29.3 Å². The van der Waals surface area contributed by atoms with E-state index in [1.165, 1.54) is 11.3 Å². The van der Waals surface area contributed by atoms with Crippen molar-refractivity contribution in [2.24, 2.45) is 5.73 Å². The van der Waals surface area contributed by atoms with E-state index in [4.69, 9.17) is 28.9 Å². The van der Waals surface area contributed by atoms with Crippen molar-refractivity contribution in [2.45, 2.75) is 13.5 Å². The highest BCUT2D eigenvalue weighted by Gasteiger charge is 2.17. The smallest absolute Gasteiger partial charge is 0.316 e. The summed E-state index contributed by atoms with van der Waals surface area (Å²) in [6.45, 7) is 2.37. The van der Waals surface area contributed by atoms with Gasteiger partial charge in [0.15, 0.2) is 0 Å². The average molecular weight is 474 g/mol. The third-order valence-electron chi connectivity index (χ3n) is 4.58. The van der Waals surface area contributed by atoms with E-state index in [-0.39, 0.29) is 5.91 Å². The van der Waals surface area contributed by atoms with Gasteiger partial charge in [-0.2, -0.15) is 5.10 Å². The minimum absolute atomic E-state index is 0.229. The highest BCUT2D eigenvalue weighted by Crippen LogP contribution is 2.31. The van der Waals surface area contributed by atoms with Gasteiger partial charge in [0.1, 0.15) is 4.83 Å². The molecule has 158 valence electrons. The molecule has 0 aliphatic heterocycles. The van der Waals surface area contributed by atoms with Gasteiger partial charge in [-0.05, 0) is 55.0 Å². The summed E-state index contributed by atoms with van der Waals surface area (Å²) in [4.78, 5) is 25.1. The molecule has 0 radical (unpaired) electrons. The van der Waals surface area contributed by atoms with Crippen molar-refractivity contribution >= 4 is 68.1 Å². The standard InChI is InChI=1S/C21H17Cl2N5O2S/c1-11-16-9-18(19(29)25-14-4-6-15(7-5-14)26-21(24)30)31-20(16)28(27-11)10-12-2-3-13(22)8-17(12)23/h2-9H,10H2,1H3,(H,25,29)(H3,24,26,30). The van der Waals surface area contributed by atoms with Crippen molar-refractivity contribution in [1.29, 1.82) is 0 Å². The molecule has 2 aromatic heterocycles. The Morgan fingerprint density at radius 1 is 1.06 bits per heavy atom. The van der Waals surface area contributed by atoms with Gasteiger partial charge in [-0.15, -0.1) is 11.3 Å². The van der Waals surface area contributed by atoms with E-state index in [1.54, 1.807) is 36.4 Å². The van der Waals surface area contributed by atoms with Crippen LogP contribution >= 0.6 is 34.5 Å². The normalized spacial score (nSPS) is 10.9. The first-order chi connectivity index (χ1) is 14.8. The Morgan fingerprint density at radius 2 is 1.74 bits per heavy atom. The summed E-state index contributed by atoms with van der Waals surface area (Å²) < 4.78 is 1.84. The summed E-state index contributed by atoms with van der Waals surface area (Å²) >= 11 is 13.6. The second-order valence-electron chi connectivity index (χ2n) is 6.83. The van der Waals surface area contributed by atoms with Crippen LogP contribution < -0.4 is 16.4 Å². The lowest BCUT2D eigenvalue weighted by Crippen LogP contribution is -2.19. The van der Waals surface area contributed by atoms with Gasteiger partial charge >= 0.3 is 6.03 Å². The maximum Gasteiger partial charge on any atom is 0.316 e. The molecule has 0 saturated carbocycles. The predicted octanol–water partition coefficient (Wildman–Crippen LogP) is 5.50. The van der Waals surface area contributed by atoms with Crippen molar-refractivity contribution in [1.82, 2.24) is 9.78 Å². The molecule has 2 heterocycles. The quantitative estimate of drug-likeness (QED) is 0.356. The van der Waals surface area contributed by atoms with Crippen molar-refractivity contribution in [3.8, 4) is 0 Å². The van der Waals surface area contributed by atoms with Crippen LogP contribution in [0.25, 0.3) is 10.2 Å². The van der Waals surface area contributed by atoms with E-state index < -0.39 is 6.03 Å². The molecule has 0 atom stereocenters. The topological polar surface area (TPSA) is 102 Å². The van der Waals surface area contributed by atoms with E-state index in [1.807, 2.05) is 23.7 Å². The molecule has 2 aromatic carbocycles. The molecule has 0 aliphatic rings. The van der Waals surface area contributed by atoms with Crippen LogP contribution in [-0.2, 0) is 6.54 Å². The van der Waals surface area contributed by atoms with Crippen LogP contribution in [0, 0.1) is 6.92 Å². The van der Waals surface area contributed by atoms with E-state index in [9.17, 15) is 9.59 Å². The van der Waals surface area contributed by atoms with E-state index in [0.29, 0.717) is 32.8 Å². The second-order valence-corrected chi connectivity index (χ2v) is 8.70. The first-order valence-electron chi connectivity index (χ1n) is 9.19. The number of nitrogens with zero attached hydrogens (tertiary/aromatic N) is 2. The summed E-state index contributed by atoms with van der Waals surface area (Å²) in [5, 5.41) is 12.0. The van der Waals surface area contributed by atoms with Crippen molar-refractivity contribution in [3.63, 3.8) is 0 Å². The Kier molecular flexibility index (Phi) is 5.86. The van der Waals surface area contributed by atoms with Crippen molar-refractivity contribution in [3.05, 3.63) is 74.7 Å². The first-order valence-corrected chi connectivity index (χ1v) is 10.8. The van der Waals surface area contributed by atoms with Crippen molar-refractivity contribution in [2.75, 3.05) is 10.6 Å². The van der Waals surface area contributed by atoms with E-state index in [0.717, 1.165) is 21.5 Å². The Labute approximate surface area is 191 Å². The molecular weight excluding hydrogens is 457 g/mol. The number of nitrogens with two attached hydrogens (primary N) is 1. The molecule has 4 aromatic rings. The van der Waals surface area contributed by atoms with Crippen LogP contribution in [0.3, 0.4) is 0 Å². The summed E-state index contributed by atoms with van der Waals surface area (Å²) in [6.07, 6.45) is 0. The first kappa shape index (κ1) is 21.2. The van der Waals surface area contributed by atoms with Crippen LogP contribution in [0.5, 0.6) is 0 Å². The number of aryl methyl sites for hydroxylation is 1. The Balaban J connectivity index is 1.55. The number of amides is 3. The Hall–Kier alpha value is -3.07. The number of carbonyl (C=O) groups excluding carboxylic acids is 2. The van der Waals surface area contributed by atoms with Gasteiger partial charge in [0, 0.05) is 26.8 Å². The fraction of sp³-hybridized carbons (Fsp3) is 0.0952. The van der Waals surface area contributed by atoms with Crippen LogP contribution in [-0.4, -0.2) is 21.7 Å². The number of hydrogen-bond donors (Lipinski definition) is 3. The Bertz CT molecular complexity index is 1300. The lowest BCUT2D eigenvalue weighted by molar-refractivity contribution is 0.103. The number of benzene rings is 2. The zero-order valence-electron chi connectivity index (χ0n) is 16.3. The molecule has 10 heteroatoms. The highest BCUT2D eigenvalue weighted by atomic mass is 35.5. The lowest BCUT2D eigenvalue weighted by Gasteiger charge is -2.06. The lowest BCUT2D eigenvalue weighted by atomic mass is 10.2. The zero-order valence-corrected chi connectivity index (χ0v) is 18.6. The number of fused-ring (bicyclic) bond motifs is 1. The molecule has 0 spiro atoms. The Morgan fingerprint density at radius 3 is 2.39 bits per heavy atom. The van der Waals surface area contributed by atoms with Gasteiger partial charge in [0.2, 0.25) is 0 Å². The maximum absolute atomic E-state index is 12.8. The molecule has 7 nitrogen and oxygen atoms in total. The fourth-order valence-electron chi connectivity index (χ4n) is 3.11. The molecule has 3 amide bonds. The van der Waals surface area contributed by atoms with Crippen LogP contribution in [0.4, 0.5) is 16.2 Å². The number of urea groups is 1. The predicted molar refractivity (Wildman–Crippen MR) is 126 cm³/mol. The molecule has 0 saturated heterocycles. The third-order valence-corrected chi connectivity index (χ3v) is 6.31. The largest absolute Gasteiger partial charge is 0.351 e. The number of primary amides is 1. The molecule has 4 N–H and O–H groups in total. The number of aromatic nitrogens is 2. The molecule has 0 bridgehead atoms. The highest BCUT2D eigenvalue weighted by molar-refractivity contribution is 7.20. The minimum atomic E-state index is -0.647. The molecule has 4 rings (SSSR count). The number of carbonyl (C=O) groups is 2. The fourth-order valence-corrected chi connectivity index (χ4v) is 4.64. The molecule has 0 fully saturated rings. The summed E-state index contributed by atoms with van der Waals surface area (Å²) in [5.41, 5.74) is 7.96. The van der Waals surface area contributed by atoms with Crippen LogP contribution in [0.1, 0.15) is 20.9 Å². The zero-order chi connectivity index (χ0) is 22.1. The molecule has 0 aliphatic carbocycles. The average Bonchev–Trinajstić information content (AvgIpc) is 3.27.